The van der Waals surface area contributed by atoms with Crippen molar-refractivity contribution >= 4 is 34.1 Å². The Hall–Kier alpha value is -3.26. The number of rotatable bonds is 5. The fraction of sp³-hybridized carbons (Fsp3) is 0.190. The minimum atomic E-state index is -0.763. The van der Waals surface area contributed by atoms with Gasteiger partial charge in [0.1, 0.15) is 11.4 Å². The van der Waals surface area contributed by atoms with Gasteiger partial charge in [-0.15, -0.1) is 11.3 Å². The maximum atomic E-state index is 13.4. The van der Waals surface area contributed by atoms with Crippen molar-refractivity contribution in [1.82, 2.24) is 9.55 Å². The Balaban J connectivity index is 1.53. The van der Waals surface area contributed by atoms with Gasteiger partial charge in [0.05, 0.1) is 0 Å². The van der Waals surface area contributed by atoms with Crippen molar-refractivity contribution in [1.29, 1.82) is 0 Å². The lowest BCUT2D eigenvalue weighted by Gasteiger charge is -2.06. The highest BCUT2D eigenvalue weighted by molar-refractivity contribution is 7.12. The smallest absolute Gasteiger partial charge is 0.375 e. The summed E-state index contributed by atoms with van der Waals surface area (Å²) in [5.74, 6) is -1.55. The maximum absolute atomic E-state index is 13.4. The number of ketones is 1. The molecule has 0 atom stereocenters. The Bertz CT molecular complexity index is 1240. The lowest BCUT2D eigenvalue weighted by Crippen LogP contribution is -2.15. The molecule has 0 N–H and O–H groups in total. The maximum Gasteiger partial charge on any atom is 0.375 e. The minimum absolute atomic E-state index is 0.0355. The molecule has 4 rings (SSSR count). The number of esters is 1. The molecule has 0 fully saturated rings. The van der Waals surface area contributed by atoms with E-state index >= 15 is 0 Å². The van der Waals surface area contributed by atoms with Gasteiger partial charge in [-0.2, -0.15) is 0 Å². The molecule has 6 nitrogen and oxygen atoms in total. The monoisotopic (exact) mass is 412 g/mol. The third kappa shape index (κ3) is 3.36. The number of carbonyl (C=O) groups is 2. The molecule has 3 heterocycles. The highest BCUT2D eigenvalue weighted by Crippen LogP contribution is 2.27. The summed E-state index contributed by atoms with van der Waals surface area (Å²) < 4.78 is 26.0. The zero-order valence-electron chi connectivity index (χ0n) is 16.0. The molecule has 29 heavy (non-hydrogen) atoms. The van der Waals surface area contributed by atoms with E-state index in [0.29, 0.717) is 22.1 Å². The van der Waals surface area contributed by atoms with Crippen LogP contribution in [0.25, 0.3) is 16.1 Å². The summed E-state index contributed by atoms with van der Waals surface area (Å²) in [5.41, 5.74) is 2.91. The molecule has 4 aromatic rings. The average Bonchev–Trinajstić information content (AvgIpc) is 3.39. The number of aryl methyl sites for hydroxylation is 2. The largest absolute Gasteiger partial charge is 0.451 e. The Morgan fingerprint density at radius 3 is 2.76 bits per heavy atom. The summed E-state index contributed by atoms with van der Waals surface area (Å²) in [7, 11) is 0. The van der Waals surface area contributed by atoms with Crippen molar-refractivity contribution < 1.29 is 23.1 Å². The summed E-state index contributed by atoms with van der Waals surface area (Å²) in [6.07, 6.45) is 1.70. The molecule has 0 unspecified atom stereocenters. The lowest BCUT2D eigenvalue weighted by atomic mass is 10.1. The van der Waals surface area contributed by atoms with Crippen molar-refractivity contribution in [3.8, 4) is 5.13 Å². The molecule has 0 spiro atoms. The number of nitrogens with zero attached hydrogens (tertiary/aromatic N) is 2. The first-order chi connectivity index (χ1) is 13.9. The van der Waals surface area contributed by atoms with Gasteiger partial charge in [0, 0.05) is 39.5 Å². The van der Waals surface area contributed by atoms with Crippen molar-refractivity contribution in [3.05, 3.63) is 69.9 Å². The number of Topliss-reactive ketones (excluding diaryl/α,β-unsaturated/α-hetero) is 1. The van der Waals surface area contributed by atoms with Gasteiger partial charge in [-0.05, 0) is 45.0 Å². The van der Waals surface area contributed by atoms with E-state index in [9.17, 15) is 14.0 Å². The van der Waals surface area contributed by atoms with Crippen LogP contribution in [0.15, 0.2) is 40.3 Å². The molecule has 148 valence electrons. The number of halogens is 1. The third-order valence-corrected chi connectivity index (χ3v) is 5.52. The third-order valence-electron chi connectivity index (χ3n) is 4.76. The first kappa shape index (κ1) is 19.1. The molecule has 0 amide bonds. The van der Waals surface area contributed by atoms with E-state index in [1.54, 1.807) is 19.2 Å². The number of benzene rings is 1. The second-order valence-corrected chi connectivity index (χ2v) is 7.50. The molecule has 1 aromatic carbocycles. The molecule has 0 aliphatic rings. The Morgan fingerprint density at radius 1 is 1.24 bits per heavy atom. The van der Waals surface area contributed by atoms with Crippen molar-refractivity contribution in [3.63, 3.8) is 0 Å². The van der Waals surface area contributed by atoms with Crippen LogP contribution in [0.3, 0.4) is 0 Å². The minimum Gasteiger partial charge on any atom is -0.451 e. The first-order valence-electron chi connectivity index (χ1n) is 8.84. The summed E-state index contributed by atoms with van der Waals surface area (Å²) in [6, 6.07) is 5.75. The van der Waals surface area contributed by atoms with Crippen LogP contribution in [0.5, 0.6) is 0 Å². The zero-order valence-corrected chi connectivity index (χ0v) is 16.8. The van der Waals surface area contributed by atoms with Gasteiger partial charge in [0.25, 0.3) is 0 Å². The van der Waals surface area contributed by atoms with E-state index in [1.165, 1.54) is 29.5 Å². The number of carbonyl (C=O) groups excluding carboxylic acids is 2. The number of hydrogen-bond donors (Lipinski definition) is 0. The van der Waals surface area contributed by atoms with Crippen molar-refractivity contribution in [2.24, 2.45) is 0 Å². The van der Waals surface area contributed by atoms with Crippen LogP contribution in [0.4, 0.5) is 4.39 Å². The Labute approximate surface area is 169 Å². The first-order valence-corrected chi connectivity index (χ1v) is 9.72. The van der Waals surface area contributed by atoms with E-state index in [4.69, 9.17) is 9.15 Å². The predicted octanol–water partition coefficient (Wildman–Crippen LogP) is 4.78. The highest BCUT2D eigenvalue weighted by Gasteiger charge is 2.23. The van der Waals surface area contributed by atoms with Gasteiger partial charge in [-0.3, -0.25) is 9.36 Å². The number of hydrogen-bond acceptors (Lipinski definition) is 6. The van der Waals surface area contributed by atoms with Crippen LogP contribution in [-0.2, 0) is 4.74 Å². The summed E-state index contributed by atoms with van der Waals surface area (Å²) in [4.78, 5) is 29.4. The van der Waals surface area contributed by atoms with Gasteiger partial charge in [-0.1, -0.05) is 0 Å². The fourth-order valence-electron chi connectivity index (χ4n) is 3.33. The van der Waals surface area contributed by atoms with E-state index in [2.05, 4.69) is 4.98 Å². The molecular weight excluding hydrogens is 395 g/mol. The molecule has 3 aromatic heterocycles. The molecule has 0 saturated heterocycles. The topological polar surface area (TPSA) is 74.3 Å². The van der Waals surface area contributed by atoms with Gasteiger partial charge >= 0.3 is 5.97 Å². The quantitative estimate of drug-likeness (QED) is 0.348. The van der Waals surface area contributed by atoms with Gasteiger partial charge < -0.3 is 9.15 Å². The fourth-order valence-corrected chi connectivity index (χ4v) is 4.08. The number of furan rings is 1. The molecule has 8 heteroatoms. The molecule has 0 aliphatic carbocycles. The molecule has 0 aliphatic heterocycles. The second-order valence-electron chi connectivity index (χ2n) is 6.63. The van der Waals surface area contributed by atoms with Crippen LogP contribution in [0, 0.1) is 26.6 Å². The van der Waals surface area contributed by atoms with Crippen LogP contribution in [-0.4, -0.2) is 27.9 Å². The van der Waals surface area contributed by atoms with Crippen LogP contribution in [0.1, 0.15) is 37.9 Å². The molecule has 0 bridgehead atoms. The highest BCUT2D eigenvalue weighted by atomic mass is 32.1. The van der Waals surface area contributed by atoms with Crippen LogP contribution < -0.4 is 0 Å². The normalized spacial score (nSPS) is 11.2. The molecule has 0 radical (unpaired) electrons. The molecular formula is C21H17FN2O4S. The predicted molar refractivity (Wildman–Crippen MR) is 106 cm³/mol. The van der Waals surface area contributed by atoms with Crippen LogP contribution in [0.2, 0.25) is 0 Å². The van der Waals surface area contributed by atoms with Crippen molar-refractivity contribution in [2.75, 3.05) is 6.61 Å². The van der Waals surface area contributed by atoms with E-state index < -0.39 is 18.4 Å². The van der Waals surface area contributed by atoms with Crippen LogP contribution >= 0.6 is 11.3 Å². The van der Waals surface area contributed by atoms with E-state index in [0.717, 1.165) is 16.5 Å². The number of fused-ring (bicyclic) bond motifs is 1. The second kappa shape index (κ2) is 7.29. The lowest BCUT2D eigenvalue weighted by molar-refractivity contribution is 0.0445. The average molecular weight is 412 g/mol. The number of thiazole rings is 1. The summed E-state index contributed by atoms with van der Waals surface area (Å²) >= 11 is 1.47. The van der Waals surface area contributed by atoms with E-state index in [1.807, 2.05) is 23.8 Å². The summed E-state index contributed by atoms with van der Waals surface area (Å²) in [6.45, 7) is 4.92. The van der Waals surface area contributed by atoms with Gasteiger partial charge in [-0.25, -0.2) is 14.2 Å². The Morgan fingerprint density at radius 2 is 2.03 bits per heavy atom. The summed E-state index contributed by atoms with van der Waals surface area (Å²) in [5, 5.41) is 3.12. The Kier molecular flexibility index (Phi) is 4.79. The number of ether oxygens (including phenoxy) is 1. The zero-order chi connectivity index (χ0) is 20.7. The molecule has 0 saturated carbocycles. The van der Waals surface area contributed by atoms with Gasteiger partial charge in [0.2, 0.25) is 11.5 Å². The van der Waals surface area contributed by atoms with E-state index in [-0.39, 0.29) is 11.5 Å². The van der Waals surface area contributed by atoms with Gasteiger partial charge in [0.15, 0.2) is 11.7 Å². The number of aromatic nitrogens is 2. The standard InChI is InChI=1S/C21H17FN2O4S/c1-11-8-16(13(3)24(11)21-23-6-7-29-21)17(25)10-27-20(26)19-12(2)15-9-14(22)4-5-18(15)28-19/h4-9H,10H2,1-3H3. The van der Waals surface area contributed by atoms with Crippen molar-refractivity contribution in [2.45, 2.75) is 20.8 Å². The SMILES string of the molecule is Cc1c(C(=O)OCC(=O)c2cc(C)n(-c3nccs3)c2C)oc2ccc(F)cc12.